The zero-order chi connectivity index (χ0) is 15.4. The summed E-state index contributed by atoms with van der Waals surface area (Å²) in [6, 6.07) is 2.95. The Kier molecular flexibility index (Phi) is 5.28. The van der Waals surface area contributed by atoms with Crippen LogP contribution >= 0.6 is 0 Å². The fourth-order valence-electron chi connectivity index (χ4n) is 2.92. The number of carbonyl (C=O) groups is 1. The van der Waals surface area contributed by atoms with E-state index in [0.29, 0.717) is 18.0 Å². The van der Waals surface area contributed by atoms with Crippen molar-refractivity contribution in [2.24, 2.45) is 17.6 Å². The van der Waals surface area contributed by atoms with Gasteiger partial charge in [0.05, 0.1) is 6.04 Å². The van der Waals surface area contributed by atoms with Gasteiger partial charge in [-0.15, -0.1) is 0 Å². The van der Waals surface area contributed by atoms with E-state index in [1.807, 2.05) is 0 Å². The monoisotopic (exact) mass is 296 g/mol. The normalized spacial score (nSPS) is 23.6. The molecule has 21 heavy (non-hydrogen) atoms. The molecule has 1 fully saturated rings. The molecule has 116 valence electrons. The molecule has 0 radical (unpaired) electrons. The van der Waals surface area contributed by atoms with Crippen LogP contribution in [0.4, 0.5) is 8.78 Å². The molecular formula is C16H22F2N2O. The Balaban J connectivity index is 1.93. The van der Waals surface area contributed by atoms with Crippen molar-refractivity contribution >= 4 is 5.91 Å². The van der Waals surface area contributed by atoms with Crippen molar-refractivity contribution in [2.45, 2.75) is 38.6 Å². The van der Waals surface area contributed by atoms with E-state index >= 15 is 0 Å². The van der Waals surface area contributed by atoms with Crippen molar-refractivity contribution in [3.63, 3.8) is 0 Å². The third-order valence-corrected chi connectivity index (χ3v) is 4.34. The zero-order valence-electron chi connectivity index (χ0n) is 12.2. The molecule has 1 saturated carbocycles. The highest BCUT2D eigenvalue weighted by molar-refractivity contribution is 5.79. The van der Waals surface area contributed by atoms with E-state index in [-0.39, 0.29) is 11.8 Å². The molecule has 3 nitrogen and oxygen atoms in total. The van der Waals surface area contributed by atoms with Gasteiger partial charge in [0.2, 0.25) is 5.91 Å². The second kappa shape index (κ2) is 6.98. The number of hydrogen-bond donors (Lipinski definition) is 2. The number of amides is 1. The van der Waals surface area contributed by atoms with Gasteiger partial charge < -0.3 is 11.1 Å². The third-order valence-electron chi connectivity index (χ3n) is 4.34. The Morgan fingerprint density at radius 2 is 2.00 bits per heavy atom. The summed E-state index contributed by atoms with van der Waals surface area (Å²) in [6.07, 6.45) is 3.58. The van der Waals surface area contributed by atoms with E-state index < -0.39 is 17.7 Å². The molecule has 1 amide bonds. The van der Waals surface area contributed by atoms with Crippen LogP contribution in [0.1, 0.15) is 44.2 Å². The van der Waals surface area contributed by atoms with Crippen molar-refractivity contribution in [1.82, 2.24) is 5.32 Å². The van der Waals surface area contributed by atoms with Crippen molar-refractivity contribution in [2.75, 3.05) is 6.54 Å². The van der Waals surface area contributed by atoms with E-state index in [1.165, 1.54) is 12.1 Å². The first-order valence-corrected chi connectivity index (χ1v) is 7.46. The second-order valence-electron chi connectivity index (χ2n) is 5.85. The molecule has 1 aliphatic rings. The Morgan fingerprint density at radius 1 is 1.33 bits per heavy atom. The molecular weight excluding hydrogens is 274 g/mol. The minimum Gasteiger partial charge on any atom is -0.349 e. The van der Waals surface area contributed by atoms with Gasteiger partial charge in [0, 0.05) is 17.5 Å². The van der Waals surface area contributed by atoms with E-state index in [2.05, 4.69) is 5.32 Å². The number of nitrogens with one attached hydrogen (secondary N) is 1. The zero-order valence-corrected chi connectivity index (χ0v) is 12.2. The first-order valence-electron chi connectivity index (χ1n) is 7.46. The summed E-state index contributed by atoms with van der Waals surface area (Å²) in [7, 11) is 0. The fourth-order valence-corrected chi connectivity index (χ4v) is 2.92. The Morgan fingerprint density at radius 3 is 2.57 bits per heavy atom. The summed E-state index contributed by atoms with van der Waals surface area (Å²) in [4.78, 5) is 12.2. The summed E-state index contributed by atoms with van der Waals surface area (Å²) in [5.41, 5.74) is 5.94. The molecule has 0 spiro atoms. The molecule has 0 saturated heterocycles. The van der Waals surface area contributed by atoms with E-state index in [1.54, 1.807) is 6.92 Å². The average Bonchev–Trinajstić information content (AvgIpc) is 2.47. The number of hydrogen-bond acceptors (Lipinski definition) is 2. The maximum absolute atomic E-state index is 13.7. The predicted molar refractivity (Wildman–Crippen MR) is 77.4 cm³/mol. The maximum Gasteiger partial charge on any atom is 0.223 e. The third kappa shape index (κ3) is 4.00. The van der Waals surface area contributed by atoms with Gasteiger partial charge in [-0.1, -0.05) is 6.07 Å². The standard InChI is InChI=1S/C16H22F2N2O/c1-10(14-7-6-13(17)8-15(14)18)20-16(21)12-4-2-11(9-19)3-5-12/h6-8,10-12H,2-5,9,19H2,1H3,(H,20,21). The summed E-state index contributed by atoms with van der Waals surface area (Å²) in [5.74, 6) is -0.814. The minimum absolute atomic E-state index is 0.0289. The van der Waals surface area contributed by atoms with Crippen molar-refractivity contribution < 1.29 is 13.6 Å². The van der Waals surface area contributed by atoms with E-state index in [4.69, 9.17) is 5.73 Å². The molecule has 1 unspecified atom stereocenters. The molecule has 1 aromatic rings. The quantitative estimate of drug-likeness (QED) is 0.897. The fraction of sp³-hybridized carbons (Fsp3) is 0.562. The number of carbonyl (C=O) groups excluding carboxylic acids is 1. The molecule has 2 rings (SSSR count). The molecule has 5 heteroatoms. The van der Waals surface area contributed by atoms with Crippen LogP contribution in [-0.2, 0) is 4.79 Å². The molecule has 0 aromatic heterocycles. The van der Waals surface area contributed by atoms with Gasteiger partial charge in [-0.3, -0.25) is 4.79 Å². The van der Waals surface area contributed by atoms with Gasteiger partial charge in [-0.2, -0.15) is 0 Å². The number of halogens is 2. The highest BCUT2D eigenvalue weighted by Gasteiger charge is 2.26. The predicted octanol–water partition coefficient (Wildman–Crippen LogP) is 2.91. The lowest BCUT2D eigenvalue weighted by atomic mass is 9.81. The molecule has 1 atom stereocenters. The van der Waals surface area contributed by atoms with E-state index in [9.17, 15) is 13.6 Å². The van der Waals surface area contributed by atoms with Crippen LogP contribution in [0, 0.1) is 23.5 Å². The number of benzene rings is 1. The summed E-state index contributed by atoms with van der Waals surface area (Å²) < 4.78 is 26.6. The first kappa shape index (κ1) is 15.9. The first-order chi connectivity index (χ1) is 10.0. The Labute approximate surface area is 123 Å². The van der Waals surface area contributed by atoms with E-state index in [0.717, 1.165) is 31.7 Å². The van der Waals surface area contributed by atoms with Crippen LogP contribution in [0.25, 0.3) is 0 Å². The molecule has 0 heterocycles. The lowest BCUT2D eigenvalue weighted by molar-refractivity contribution is -0.126. The number of nitrogens with two attached hydrogens (primary N) is 1. The second-order valence-corrected chi connectivity index (χ2v) is 5.85. The van der Waals surface area contributed by atoms with Crippen molar-refractivity contribution in [1.29, 1.82) is 0 Å². The van der Waals surface area contributed by atoms with Gasteiger partial charge >= 0.3 is 0 Å². The summed E-state index contributed by atoms with van der Waals surface area (Å²) in [6.45, 7) is 2.38. The van der Waals surface area contributed by atoms with Gasteiger partial charge in [0.25, 0.3) is 0 Å². The lowest BCUT2D eigenvalue weighted by Crippen LogP contribution is -2.36. The Bertz CT molecular complexity index is 499. The Hall–Kier alpha value is -1.49. The summed E-state index contributed by atoms with van der Waals surface area (Å²) >= 11 is 0. The molecule has 3 N–H and O–H groups in total. The van der Waals surface area contributed by atoms with Crippen LogP contribution in [0.3, 0.4) is 0 Å². The van der Waals surface area contributed by atoms with Crippen LogP contribution in [0.15, 0.2) is 18.2 Å². The van der Waals surface area contributed by atoms with Crippen LogP contribution in [0.2, 0.25) is 0 Å². The SMILES string of the molecule is CC(NC(=O)C1CCC(CN)CC1)c1ccc(F)cc1F. The van der Waals surface area contributed by atoms with Crippen LogP contribution < -0.4 is 11.1 Å². The van der Waals surface area contributed by atoms with Gasteiger partial charge in [-0.05, 0) is 51.1 Å². The highest BCUT2D eigenvalue weighted by Crippen LogP contribution is 2.29. The molecule has 1 aliphatic carbocycles. The average molecular weight is 296 g/mol. The summed E-state index contributed by atoms with van der Waals surface area (Å²) in [5, 5.41) is 2.83. The number of rotatable bonds is 4. The topological polar surface area (TPSA) is 55.1 Å². The van der Waals surface area contributed by atoms with Crippen LogP contribution in [0.5, 0.6) is 0 Å². The minimum atomic E-state index is -0.630. The highest BCUT2D eigenvalue weighted by atomic mass is 19.1. The van der Waals surface area contributed by atoms with Crippen LogP contribution in [-0.4, -0.2) is 12.5 Å². The molecule has 1 aromatic carbocycles. The van der Waals surface area contributed by atoms with Gasteiger partial charge in [0.15, 0.2) is 0 Å². The molecule has 0 aliphatic heterocycles. The molecule has 0 bridgehead atoms. The van der Waals surface area contributed by atoms with Crippen molar-refractivity contribution in [3.8, 4) is 0 Å². The maximum atomic E-state index is 13.7. The van der Waals surface area contributed by atoms with Gasteiger partial charge in [-0.25, -0.2) is 8.78 Å². The lowest BCUT2D eigenvalue weighted by Gasteiger charge is -2.28. The smallest absolute Gasteiger partial charge is 0.223 e. The largest absolute Gasteiger partial charge is 0.349 e. The van der Waals surface area contributed by atoms with Gasteiger partial charge in [0.1, 0.15) is 11.6 Å². The van der Waals surface area contributed by atoms with Crippen molar-refractivity contribution in [3.05, 3.63) is 35.4 Å².